The van der Waals surface area contributed by atoms with Crippen LogP contribution in [0.2, 0.25) is 0 Å². The highest BCUT2D eigenvalue weighted by molar-refractivity contribution is 5.73. The lowest BCUT2D eigenvalue weighted by atomic mass is 10.1. The fourth-order valence-corrected chi connectivity index (χ4v) is 2.05. The largest absolute Gasteiger partial charge is 0.480 e. The number of ether oxygens (including phenoxy) is 2. The Hall–Kier alpha value is -0.650. The van der Waals surface area contributed by atoms with Crippen molar-refractivity contribution >= 4 is 5.97 Å². The number of unbranched alkanes of at least 4 members (excludes halogenated alkanes) is 1. The van der Waals surface area contributed by atoms with Gasteiger partial charge in [-0.1, -0.05) is 19.8 Å². The van der Waals surface area contributed by atoms with E-state index in [1.54, 1.807) is 14.2 Å². The van der Waals surface area contributed by atoms with Gasteiger partial charge < -0.3 is 14.6 Å². The van der Waals surface area contributed by atoms with E-state index >= 15 is 0 Å². The van der Waals surface area contributed by atoms with Crippen LogP contribution in [0.3, 0.4) is 0 Å². The maximum absolute atomic E-state index is 11.4. The summed E-state index contributed by atoms with van der Waals surface area (Å²) in [5.41, 5.74) is 0. The van der Waals surface area contributed by atoms with Gasteiger partial charge in [-0.25, -0.2) is 0 Å². The fourth-order valence-electron chi connectivity index (χ4n) is 2.05. The second-order valence-electron chi connectivity index (χ2n) is 4.53. The zero-order valence-corrected chi connectivity index (χ0v) is 12.0. The summed E-state index contributed by atoms with van der Waals surface area (Å²) < 4.78 is 10.2. The summed E-state index contributed by atoms with van der Waals surface area (Å²) in [4.78, 5) is 13.4. The Morgan fingerprint density at radius 3 is 2.44 bits per heavy atom. The van der Waals surface area contributed by atoms with E-state index in [0.717, 1.165) is 12.8 Å². The smallest absolute Gasteiger partial charge is 0.320 e. The molecule has 0 rings (SSSR count). The van der Waals surface area contributed by atoms with E-state index in [-0.39, 0.29) is 6.04 Å². The van der Waals surface area contributed by atoms with Gasteiger partial charge in [0.25, 0.3) is 0 Å². The van der Waals surface area contributed by atoms with E-state index in [0.29, 0.717) is 26.2 Å². The van der Waals surface area contributed by atoms with Gasteiger partial charge in [0.05, 0.1) is 13.2 Å². The van der Waals surface area contributed by atoms with Gasteiger partial charge in [-0.2, -0.15) is 0 Å². The summed E-state index contributed by atoms with van der Waals surface area (Å²) in [5.74, 6) is -0.762. The van der Waals surface area contributed by atoms with Gasteiger partial charge in [0, 0.05) is 26.8 Å². The molecule has 0 amide bonds. The van der Waals surface area contributed by atoms with E-state index in [1.807, 2.05) is 11.8 Å². The SMILES string of the molecule is CCCCC(C(=O)O)N(CCOC)C(C)COC. The van der Waals surface area contributed by atoms with Gasteiger partial charge in [0.2, 0.25) is 0 Å². The molecule has 0 heterocycles. The van der Waals surface area contributed by atoms with Crippen molar-refractivity contribution < 1.29 is 19.4 Å². The van der Waals surface area contributed by atoms with Gasteiger partial charge in [-0.3, -0.25) is 9.69 Å². The van der Waals surface area contributed by atoms with Crippen molar-refractivity contribution in [2.75, 3.05) is 34.0 Å². The second-order valence-corrected chi connectivity index (χ2v) is 4.53. The molecule has 1 N–H and O–H groups in total. The molecule has 5 nitrogen and oxygen atoms in total. The third-order valence-electron chi connectivity index (χ3n) is 3.04. The Kier molecular flexibility index (Phi) is 9.92. The summed E-state index contributed by atoms with van der Waals surface area (Å²) in [6.07, 6.45) is 2.59. The summed E-state index contributed by atoms with van der Waals surface area (Å²) in [6.45, 7) is 5.73. The van der Waals surface area contributed by atoms with Crippen LogP contribution in [0.1, 0.15) is 33.1 Å². The standard InChI is InChI=1S/C13H27NO4/c1-5-6-7-12(13(15)16)14(8-9-17-3)11(2)10-18-4/h11-12H,5-10H2,1-4H3,(H,15,16). The van der Waals surface area contributed by atoms with E-state index in [1.165, 1.54) is 0 Å². The van der Waals surface area contributed by atoms with E-state index < -0.39 is 12.0 Å². The normalized spacial score (nSPS) is 14.7. The fraction of sp³-hybridized carbons (Fsp3) is 0.923. The third kappa shape index (κ3) is 6.33. The average molecular weight is 261 g/mol. The molecular weight excluding hydrogens is 234 g/mol. The van der Waals surface area contributed by atoms with Crippen LogP contribution in [0.25, 0.3) is 0 Å². The molecule has 0 saturated heterocycles. The molecule has 0 aliphatic carbocycles. The lowest BCUT2D eigenvalue weighted by molar-refractivity contribution is -0.145. The van der Waals surface area contributed by atoms with Crippen LogP contribution in [-0.2, 0) is 14.3 Å². The Morgan fingerprint density at radius 1 is 1.33 bits per heavy atom. The molecule has 5 heteroatoms. The molecule has 108 valence electrons. The Balaban J connectivity index is 4.67. The summed E-state index contributed by atoms with van der Waals surface area (Å²) >= 11 is 0. The van der Waals surface area contributed by atoms with Crippen molar-refractivity contribution in [2.24, 2.45) is 0 Å². The average Bonchev–Trinajstić information content (AvgIpc) is 2.33. The first-order chi connectivity index (χ1) is 8.58. The minimum Gasteiger partial charge on any atom is -0.480 e. The first-order valence-electron chi connectivity index (χ1n) is 6.54. The quantitative estimate of drug-likeness (QED) is 0.612. The third-order valence-corrected chi connectivity index (χ3v) is 3.04. The molecule has 0 radical (unpaired) electrons. The van der Waals surface area contributed by atoms with Crippen molar-refractivity contribution in [1.29, 1.82) is 0 Å². The van der Waals surface area contributed by atoms with Gasteiger partial charge in [0.1, 0.15) is 6.04 Å². The van der Waals surface area contributed by atoms with Crippen LogP contribution in [0, 0.1) is 0 Å². The number of hydrogen-bond donors (Lipinski definition) is 1. The number of carboxylic acids is 1. The highest BCUT2D eigenvalue weighted by Gasteiger charge is 2.28. The van der Waals surface area contributed by atoms with Crippen LogP contribution in [0.4, 0.5) is 0 Å². The van der Waals surface area contributed by atoms with Gasteiger partial charge >= 0.3 is 5.97 Å². The van der Waals surface area contributed by atoms with Crippen LogP contribution in [0.5, 0.6) is 0 Å². The van der Waals surface area contributed by atoms with Crippen molar-refractivity contribution in [3.05, 3.63) is 0 Å². The summed E-state index contributed by atoms with van der Waals surface area (Å²) in [6, 6.07) is -0.381. The van der Waals surface area contributed by atoms with Crippen LogP contribution < -0.4 is 0 Å². The molecule has 0 aromatic heterocycles. The first kappa shape index (κ1) is 17.4. The minimum atomic E-state index is -0.762. The molecule has 0 aliphatic heterocycles. The topological polar surface area (TPSA) is 59.0 Å². The molecule has 0 aromatic rings. The summed E-state index contributed by atoms with van der Waals surface area (Å²) in [5, 5.41) is 9.36. The molecule has 0 bridgehead atoms. The molecule has 2 atom stereocenters. The second kappa shape index (κ2) is 10.3. The predicted molar refractivity (Wildman–Crippen MR) is 70.9 cm³/mol. The maximum atomic E-state index is 11.4. The lowest BCUT2D eigenvalue weighted by Gasteiger charge is -2.33. The zero-order valence-electron chi connectivity index (χ0n) is 12.0. The molecule has 0 aliphatic rings. The number of hydrogen-bond acceptors (Lipinski definition) is 4. The number of carbonyl (C=O) groups is 1. The van der Waals surface area contributed by atoms with Crippen molar-refractivity contribution in [3.63, 3.8) is 0 Å². The molecule has 0 aromatic carbocycles. The number of methoxy groups -OCH3 is 2. The van der Waals surface area contributed by atoms with E-state index in [4.69, 9.17) is 9.47 Å². The van der Waals surface area contributed by atoms with Crippen molar-refractivity contribution in [2.45, 2.75) is 45.2 Å². The van der Waals surface area contributed by atoms with Crippen molar-refractivity contribution in [3.8, 4) is 0 Å². The molecule has 0 spiro atoms. The molecular formula is C13H27NO4. The highest BCUT2D eigenvalue weighted by atomic mass is 16.5. The van der Waals surface area contributed by atoms with E-state index in [9.17, 15) is 9.90 Å². The number of carboxylic acid groups (broad SMARTS) is 1. The maximum Gasteiger partial charge on any atom is 0.320 e. The summed E-state index contributed by atoms with van der Waals surface area (Å²) in [7, 11) is 3.26. The molecule has 18 heavy (non-hydrogen) atoms. The minimum absolute atomic E-state index is 0.0723. The monoisotopic (exact) mass is 261 g/mol. The van der Waals surface area contributed by atoms with Crippen LogP contribution in [-0.4, -0.2) is 62.0 Å². The number of rotatable bonds is 11. The number of nitrogens with zero attached hydrogens (tertiary/aromatic N) is 1. The first-order valence-corrected chi connectivity index (χ1v) is 6.54. The molecule has 0 fully saturated rings. The Bertz CT molecular complexity index is 223. The zero-order chi connectivity index (χ0) is 14.0. The van der Waals surface area contributed by atoms with Gasteiger partial charge in [-0.05, 0) is 13.3 Å². The van der Waals surface area contributed by atoms with Crippen LogP contribution >= 0.6 is 0 Å². The number of aliphatic carboxylic acids is 1. The van der Waals surface area contributed by atoms with Gasteiger partial charge in [0.15, 0.2) is 0 Å². The van der Waals surface area contributed by atoms with Gasteiger partial charge in [-0.15, -0.1) is 0 Å². The predicted octanol–water partition coefficient (Wildman–Crippen LogP) is 1.61. The lowest BCUT2D eigenvalue weighted by Crippen LogP contribution is -2.49. The highest BCUT2D eigenvalue weighted by Crippen LogP contribution is 2.13. The Labute approximate surface area is 110 Å². The Morgan fingerprint density at radius 2 is 2.00 bits per heavy atom. The van der Waals surface area contributed by atoms with Crippen molar-refractivity contribution in [1.82, 2.24) is 4.90 Å². The van der Waals surface area contributed by atoms with E-state index in [2.05, 4.69) is 6.92 Å². The van der Waals surface area contributed by atoms with Crippen LogP contribution in [0.15, 0.2) is 0 Å². The molecule has 0 saturated carbocycles. The molecule has 2 unspecified atom stereocenters.